The fourth-order valence-corrected chi connectivity index (χ4v) is 5.27. The number of carbonyl (C=O) groups is 2. The van der Waals surface area contributed by atoms with Gasteiger partial charge < -0.3 is 10.1 Å². The van der Waals surface area contributed by atoms with Crippen molar-refractivity contribution >= 4 is 40.6 Å². The number of amidine groups is 1. The number of aryl methyl sites for hydroxylation is 1. The van der Waals surface area contributed by atoms with E-state index in [4.69, 9.17) is 0 Å². The third-order valence-corrected chi connectivity index (χ3v) is 7.41. The number of urea groups is 1. The summed E-state index contributed by atoms with van der Waals surface area (Å²) in [6.07, 6.45) is -0.139. The Kier molecular flexibility index (Phi) is 8.86. The zero-order chi connectivity index (χ0) is 31.4. The maximum Gasteiger partial charge on any atom is 0.573 e. The van der Waals surface area contributed by atoms with Crippen molar-refractivity contribution in [1.29, 1.82) is 0 Å². The van der Waals surface area contributed by atoms with E-state index >= 15 is 0 Å². The van der Waals surface area contributed by atoms with Gasteiger partial charge in [-0.1, -0.05) is 62.0 Å². The van der Waals surface area contributed by atoms with Gasteiger partial charge >= 0.3 is 12.4 Å². The van der Waals surface area contributed by atoms with E-state index in [0.717, 1.165) is 22.4 Å². The first-order chi connectivity index (χ1) is 21.0. The second kappa shape index (κ2) is 12.8. The van der Waals surface area contributed by atoms with Crippen LogP contribution in [0.15, 0.2) is 84.2 Å². The highest BCUT2D eigenvalue weighted by Crippen LogP contribution is 2.34. The number of carbonyl (C=O) groups excluding carboxylic acids is 2. The van der Waals surface area contributed by atoms with Gasteiger partial charge in [0.2, 0.25) is 5.91 Å². The van der Waals surface area contributed by atoms with E-state index in [1.54, 1.807) is 18.2 Å². The van der Waals surface area contributed by atoms with Crippen LogP contribution in [0, 0.1) is 6.92 Å². The third kappa shape index (κ3) is 7.35. The van der Waals surface area contributed by atoms with Gasteiger partial charge in [-0.25, -0.2) is 14.5 Å². The van der Waals surface area contributed by atoms with E-state index in [-0.39, 0.29) is 23.3 Å². The zero-order valence-electron chi connectivity index (χ0n) is 23.9. The van der Waals surface area contributed by atoms with E-state index in [1.807, 2.05) is 37.3 Å². The molecule has 0 atom stereocenters. The van der Waals surface area contributed by atoms with Crippen LogP contribution in [0.2, 0.25) is 0 Å². The molecular weight excluding hydrogens is 593 g/mol. The maximum atomic E-state index is 12.7. The highest BCUT2D eigenvalue weighted by Gasteiger charge is 2.32. The standard InChI is InChI=1S/C31H27F3N6O3S/c1-19(2)25-13-4-20(3)16-26(25)40-27(41)17-44-30(40)37-29(42)35-15-14-21-5-7-22(8-6-21)28-36-18-39(38-28)23-9-11-24(12-10-23)43-31(32,33)34/h4-16,18-19H,17H2,1-3H3,(H,35,42)/b15-14+,37-30-. The first-order valence-electron chi connectivity index (χ1n) is 13.5. The first kappa shape index (κ1) is 30.5. The third-order valence-electron chi connectivity index (χ3n) is 6.49. The van der Waals surface area contributed by atoms with Crippen molar-refractivity contribution < 1.29 is 27.5 Å². The Balaban J connectivity index is 1.21. The number of benzene rings is 3. The fraction of sp³-hybridized carbons (Fsp3) is 0.194. The Morgan fingerprint density at radius 2 is 1.82 bits per heavy atom. The molecule has 44 heavy (non-hydrogen) atoms. The molecule has 4 aromatic rings. The Bertz CT molecular complexity index is 1730. The lowest BCUT2D eigenvalue weighted by Crippen LogP contribution is -2.31. The average molecular weight is 621 g/mol. The van der Waals surface area contributed by atoms with Crippen LogP contribution in [0.1, 0.15) is 36.5 Å². The summed E-state index contributed by atoms with van der Waals surface area (Å²) >= 11 is 1.22. The minimum absolute atomic E-state index is 0.127. The summed E-state index contributed by atoms with van der Waals surface area (Å²) in [5, 5.41) is 7.34. The van der Waals surface area contributed by atoms with Crippen molar-refractivity contribution in [1.82, 2.24) is 20.1 Å². The van der Waals surface area contributed by atoms with E-state index in [2.05, 4.69) is 39.0 Å². The minimum atomic E-state index is -4.76. The predicted octanol–water partition coefficient (Wildman–Crippen LogP) is 7.08. The Hall–Kier alpha value is -4.91. The molecule has 0 unspecified atom stereocenters. The van der Waals surface area contributed by atoms with Crippen LogP contribution in [-0.4, -0.2) is 44.0 Å². The number of ether oxygens (including phenoxy) is 1. The normalized spacial score (nSPS) is 14.7. The van der Waals surface area contributed by atoms with Crippen LogP contribution >= 0.6 is 11.8 Å². The zero-order valence-corrected chi connectivity index (χ0v) is 24.7. The van der Waals surface area contributed by atoms with Crippen molar-refractivity contribution in [2.45, 2.75) is 33.1 Å². The van der Waals surface area contributed by atoms with Gasteiger partial charge in [-0.15, -0.1) is 18.3 Å². The number of thioether (sulfide) groups is 1. The van der Waals surface area contributed by atoms with Crippen LogP contribution in [0.25, 0.3) is 23.2 Å². The predicted molar refractivity (Wildman–Crippen MR) is 164 cm³/mol. The van der Waals surface area contributed by atoms with Gasteiger partial charge in [-0.3, -0.25) is 9.69 Å². The van der Waals surface area contributed by atoms with E-state index < -0.39 is 12.4 Å². The second-order valence-electron chi connectivity index (χ2n) is 10.1. The summed E-state index contributed by atoms with van der Waals surface area (Å²) in [5.74, 6) is 0.351. The smallest absolute Gasteiger partial charge is 0.406 e. The van der Waals surface area contributed by atoms with Crippen LogP contribution in [0.5, 0.6) is 5.75 Å². The molecule has 3 aromatic carbocycles. The number of amides is 3. The van der Waals surface area contributed by atoms with E-state index in [9.17, 15) is 22.8 Å². The van der Waals surface area contributed by atoms with Gasteiger partial charge in [-0.2, -0.15) is 4.99 Å². The molecule has 1 aromatic heterocycles. The topological polar surface area (TPSA) is 102 Å². The maximum absolute atomic E-state index is 12.7. The SMILES string of the molecule is Cc1ccc(C(C)C)c(N2C(=O)CS/C2=N\C(=O)N/C=C/c2ccc(-c3ncn(-c4ccc(OC(F)(F)F)cc4)n3)cc2)c1. The summed E-state index contributed by atoms with van der Waals surface area (Å²) < 4.78 is 42.5. The Morgan fingerprint density at radius 3 is 2.50 bits per heavy atom. The number of hydrogen-bond acceptors (Lipinski definition) is 6. The number of aromatic nitrogens is 3. The molecule has 1 N–H and O–H groups in total. The molecule has 1 saturated heterocycles. The minimum Gasteiger partial charge on any atom is -0.406 e. The summed E-state index contributed by atoms with van der Waals surface area (Å²) in [5.41, 5.74) is 4.76. The first-order valence-corrected chi connectivity index (χ1v) is 14.5. The van der Waals surface area contributed by atoms with Gasteiger partial charge in [0.1, 0.15) is 12.1 Å². The molecule has 0 radical (unpaired) electrons. The Morgan fingerprint density at radius 1 is 1.09 bits per heavy atom. The molecule has 13 heteroatoms. The molecule has 1 aliphatic heterocycles. The number of hydrogen-bond donors (Lipinski definition) is 1. The average Bonchev–Trinajstić information content (AvgIpc) is 3.60. The number of rotatable bonds is 7. The molecular formula is C31H27F3N6O3S. The molecule has 0 aliphatic carbocycles. The van der Waals surface area contributed by atoms with Crippen molar-refractivity contribution in [3.63, 3.8) is 0 Å². The van der Waals surface area contributed by atoms with Gasteiger partial charge in [0.05, 0.1) is 17.1 Å². The molecule has 226 valence electrons. The number of nitrogens with one attached hydrogen (secondary N) is 1. The van der Waals surface area contributed by atoms with Crippen LogP contribution in [0.3, 0.4) is 0 Å². The van der Waals surface area contributed by atoms with Gasteiger partial charge in [-0.05, 0) is 65.9 Å². The van der Waals surface area contributed by atoms with Crippen LogP contribution in [0.4, 0.5) is 23.7 Å². The van der Waals surface area contributed by atoms with Crippen molar-refractivity contribution in [2.75, 3.05) is 10.7 Å². The lowest BCUT2D eigenvalue weighted by molar-refractivity contribution is -0.274. The van der Waals surface area contributed by atoms with E-state index in [1.165, 1.54) is 58.1 Å². The van der Waals surface area contributed by atoms with Gasteiger partial charge in [0, 0.05) is 11.8 Å². The van der Waals surface area contributed by atoms with Crippen molar-refractivity contribution in [3.05, 3.63) is 95.9 Å². The largest absolute Gasteiger partial charge is 0.573 e. The molecule has 2 heterocycles. The molecule has 0 bridgehead atoms. The molecule has 1 aliphatic rings. The lowest BCUT2D eigenvalue weighted by atomic mass is 9.99. The molecule has 0 spiro atoms. The summed E-state index contributed by atoms with van der Waals surface area (Å²) in [7, 11) is 0. The number of nitrogens with zero attached hydrogens (tertiary/aromatic N) is 5. The quantitative estimate of drug-likeness (QED) is 0.237. The fourth-order valence-electron chi connectivity index (χ4n) is 4.41. The number of halogens is 3. The number of alkyl halides is 3. The molecule has 3 amide bonds. The molecule has 0 saturated carbocycles. The van der Waals surface area contributed by atoms with Crippen LogP contribution in [-0.2, 0) is 4.79 Å². The van der Waals surface area contributed by atoms with Crippen LogP contribution < -0.4 is 15.0 Å². The van der Waals surface area contributed by atoms with Crippen molar-refractivity contribution in [3.8, 4) is 22.8 Å². The summed E-state index contributed by atoms with van der Waals surface area (Å²) in [6.45, 7) is 6.05. The van der Waals surface area contributed by atoms with Crippen molar-refractivity contribution in [2.24, 2.45) is 4.99 Å². The summed E-state index contributed by atoms with van der Waals surface area (Å²) in [6, 6.07) is 17.8. The van der Waals surface area contributed by atoms with E-state index in [0.29, 0.717) is 22.2 Å². The molecule has 5 rings (SSSR count). The Labute approximate surface area is 255 Å². The monoisotopic (exact) mass is 620 g/mol. The second-order valence-corrected chi connectivity index (χ2v) is 11.0. The molecule has 9 nitrogen and oxygen atoms in total. The molecule has 1 fully saturated rings. The highest BCUT2D eigenvalue weighted by molar-refractivity contribution is 8.15. The van der Waals surface area contributed by atoms with Gasteiger partial charge in [0.25, 0.3) is 0 Å². The lowest BCUT2D eigenvalue weighted by Gasteiger charge is -2.22. The highest BCUT2D eigenvalue weighted by atomic mass is 32.2. The summed E-state index contributed by atoms with van der Waals surface area (Å²) in [4.78, 5) is 35.3. The number of anilines is 1. The number of aliphatic imine (C=N–C) groups is 1. The van der Waals surface area contributed by atoms with Gasteiger partial charge in [0.15, 0.2) is 11.0 Å².